The Morgan fingerprint density at radius 2 is 1.86 bits per heavy atom. The lowest BCUT2D eigenvalue weighted by Gasteiger charge is -2.34. The van der Waals surface area contributed by atoms with Gasteiger partial charge in [0.05, 0.1) is 11.3 Å². The summed E-state index contributed by atoms with van der Waals surface area (Å²) in [7, 11) is 0. The van der Waals surface area contributed by atoms with Crippen LogP contribution in [0.15, 0.2) is 55.1 Å². The van der Waals surface area contributed by atoms with Gasteiger partial charge < -0.3 is 15.7 Å². The molecule has 37 heavy (non-hydrogen) atoms. The molecule has 1 fully saturated rings. The zero-order valence-corrected chi connectivity index (χ0v) is 19.9. The maximum Gasteiger partial charge on any atom is 0.333 e. The van der Waals surface area contributed by atoms with Crippen LogP contribution in [0.2, 0.25) is 0 Å². The molecule has 12 heteroatoms. The molecule has 9 nitrogen and oxygen atoms in total. The van der Waals surface area contributed by atoms with Crippen LogP contribution in [0.1, 0.15) is 39.2 Å². The number of hydrogen-bond acceptors (Lipinski definition) is 8. The molecule has 4 heterocycles. The van der Waals surface area contributed by atoms with Gasteiger partial charge in [-0.1, -0.05) is 0 Å². The number of aliphatic hydroxyl groups is 1. The van der Waals surface area contributed by atoms with E-state index in [1.165, 1.54) is 30.6 Å². The molecule has 0 unspecified atom stereocenters. The topological polar surface area (TPSA) is 114 Å². The number of pyridine rings is 2. The Morgan fingerprint density at radius 1 is 1.05 bits per heavy atom. The first kappa shape index (κ1) is 24.6. The smallest absolute Gasteiger partial charge is 0.333 e. The molecule has 0 amide bonds. The second-order valence-electron chi connectivity index (χ2n) is 9.25. The third kappa shape index (κ3) is 5.85. The Kier molecular flexibility index (Phi) is 6.74. The highest BCUT2D eigenvalue weighted by molar-refractivity contribution is 5.78. The third-order valence-corrected chi connectivity index (χ3v) is 6.31. The van der Waals surface area contributed by atoms with Gasteiger partial charge in [-0.05, 0) is 56.9 Å². The van der Waals surface area contributed by atoms with Crippen molar-refractivity contribution in [3.8, 4) is 22.6 Å². The summed E-state index contributed by atoms with van der Waals surface area (Å²) in [5.74, 6) is 0.682. The summed E-state index contributed by atoms with van der Waals surface area (Å²) < 4.78 is 40.0. The van der Waals surface area contributed by atoms with Crippen molar-refractivity contribution in [2.24, 2.45) is 0 Å². The van der Waals surface area contributed by atoms with Crippen molar-refractivity contribution in [1.29, 1.82) is 0 Å². The average molecular weight is 511 g/mol. The number of anilines is 3. The molecule has 0 radical (unpaired) electrons. The van der Waals surface area contributed by atoms with Crippen molar-refractivity contribution >= 4 is 17.3 Å². The molecule has 1 aliphatic rings. The predicted molar refractivity (Wildman–Crippen MR) is 132 cm³/mol. The van der Waals surface area contributed by atoms with Crippen molar-refractivity contribution in [1.82, 2.24) is 29.7 Å². The summed E-state index contributed by atoms with van der Waals surface area (Å²) in [5.41, 5.74) is 1.46. The van der Waals surface area contributed by atoms with Gasteiger partial charge in [0, 0.05) is 53.7 Å². The van der Waals surface area contributed by atoms with Gasteiger partial charge >= 0.3 is 6.55 Å². The van der Waals surface area contributed by atoms with Crippen molar-refractivity contribution < 1.29 is 18.3 Å². The van der Waals surface area contributed by atoms with E-state index in [4.69, 9.17) is 0 Å². The van der Waals surface area contributed by atoms with Gasteiger partial charge in [0.2, 0.25) is 5.95 Å². The van der Waals surface area contributed by atoms with E-state index in [9.17, 15) is 18.3 Å². The van der Waals surface area contributed by atoms with E-state index in [2.05, 4.69) is 35.7 Å². The summed E-state index contributed by atoms with van der Waals surface area (Å²) in [6.07, 6.45) is 8.51. The van der Waals surface area contributed by atoms with E-state index in [1.807, 2.05) is 6.92 Å². The Morgan fingerprint density at radius 3 is 2.57 bits per heavy atom. The molecule has 0 saturated heterocycles. The zero-order valence-electron chi connectivity index (χ0n) is 19.9. The number of halogens is 3. The standard InChI is InChI=1S/C25H25F3N8O/c1-25(37)8-4-16(5-9-25)32-19-12-22(31-14-17(19)18-7-11-36(35-18)24(27)28)33-21-6-10-29-23(34-21)15-2-3-20(26)30-13-15/h2-3,6-7,10-14,16,24,37H,4-5,8-9H2,1H3,(H2,29,31,32,33,34). The molecule has 1 saturated carbocycles. The van der Waals surface area contributed by atoms with Crippen molar-refractivity contribution in [2.45, 2.75) is 50.8 Å². The lowest BCUT2D eigenvalue weighted by atomic mass is 9.83. The molecule has 1 aliphatic carbocycles. The number of alkyl halides is 2. The average Bonchev–Trinajstić information content (AvgIpc) is 3.37. The Hall–Kier alpha value is -4.06. The lowest BCUT2D eigenvalue weighted by Crippen LogP contribution is -2.35. The fourth-order valence-electron chi connectivity index (χ4n) is 4.25. The molecular weight excluding hydrogens is 485 g/mol. The fourth-order valence-corrected chi connectivity index (χ4v) is 4.25. The van der Waals surface area contributed by atoms with E-state index in [0.29, 0.717) is 57.5 Å². The molecule has 3 N–H and O–H groups in total. The molecular formula is C25H25F3N8O. The van der Waals surface area contributed by atoms with Gasteiger partial charge in [-0.2, -0.15) is 18.3 Å². The number of nitrogens with zero attached hydrogens (tertiary/aromatic N) is 6. The van der Waals surface area contributed by atoms with E-state index < -0.39 is 18.1 Å². The maximum atomic E-state index is 13.2. The highest BCUT2D eigenvalue weighted by atomic mass is 19.3. The second-order valence-corrected chi connectivity index (χ2v) is 9.25. The SMILES string of the molecule is CC1(O)CCC(Nc2cc(Nc3ccnc(-c4ccc(F)nc4)n3)ncc2-c2ccn(C(F)F)n2)CC1. The molecule has 0 aliphatic heterocycles. The van der Waals surface area contributed by atoms with Crippen molar-refractivity contribution in [2.75, 3.05) is 10.6 Å². The molecule has 5 rings (SSSR count). The van der Waals surface area contributed by atoms with Crippen LogP contribution in [0.3, 0.4) is 0 Å². The van der Waals surface area contributed by atoms with Crippen LogP contribution in [-0.4, -0.2) is 46.5 Å². The van der Waals surface area contributed by atoms with Gasteiger partial charge in [0.25, 0.3) is 0 Å². The van der Waals surface area contributed by atoms with Crippen LogP contribution in [0.5, 0.6) is 0 Å². The van der Waals surface area contributed by atoms with Gasteiger partial charge in [0.1, 0.15) is 11.6 Å². The van der Waals surface area contributed by atoms with Crippen LogP contribution in [0.25, 0.3) is 22.6 Å². The Bertz CT molecular complexity index is 1370. The van der Waals surface area contributed by atoms with Gasteiger partial charge in [-0.15, -0.1) is 0 Å². The minimum atomic E-state index is -2.75. The highest BCUT2D eigenvalue weighted by Gasteiger charge is 2.29. The first-order valence-corrected chi connectivity index (χ1v) is 11.8. The van der Waals surface area contributed by atoms with Crippen LogP contribution in [-0.2, 0) is 0 Å². The minimum absolute atomic E-state index is 0.0861. The molecule has 0 atom stereocenters. The second kappa shape index (κ2) is 10.1. The number of nitrogens with one attached hydrogen (secondary N) is 2. The van der Waals surface area contributed by atoms with Crippen molar-refractivity contribution in [3.05, 3.63) is 61.1 Å². The highest BCUT2D eigenvalue weighted by Crippen LogP contribution is 2.34. The summed E-state index contributed by atoms with van der Waals surface area (Å²) in [6, 6.07) is 7.80. The van der Waals surface area contributed by atoms with Crippen LogP contribution < -0.4 is 10.6 Å². The normalized spacial score (nSPS) is 19.7. The van der Waals surface area contributed by atoms with Crippen LogP contribution in [0.4, 0.5) is 30.5 Å². The quantitative estimate of drug-likeness (QED) is 0.292. The van der Waals surface area contributed by atoms with E-state index in [-0.39, 0.29) is 6.04 Å². The summed E-state index contributed by atoms with van der Waals surface area (Å²) in [4.78, 5) is 16.8. The Labute approximate surface area is 210 Å². The molecule has 0 aromatic carbocycles. The molecule has 0 spiro atoms. The van der Waals surface area contributed by atoms with Crippen LogP contribution >= 0.6 is 0 Å². The van der Waals surface area contributed by atoms with Gasteiger partial charge in [-0.25, -0.2) is 24.6 Å². The molecule has 4 aromatic heterocycles. The third-order valence-electron chi connectivity index (χ3n) is 6.31. The number of aromatic nitrogens is 6. The first-order valence-electron chi connectivity index (χ1n) is 11.8. The molecule has 4 aromatic rings. The van der Waals surface area contributed by atoms with Crippen molar-refractivity contribution in [3.63, 3.8) is 0 Å². The summed E-state index contributed by atoms with van der Waals surface area (Å²) >= 11 is 0. The molecule has 192 valence electrons. The van der Waals surface area contributed by atoms with Gasteiger partial charge in [0.15, 0.2) is 5.82 Å². The van der Waals surface area contributed by atoms with E-state index in [1.54, 1.807) is 24.5 Å². The first-order chi connectivity index (χ1) is 17.8. The van der Waals surface area contributed by atoms with Crippen LogP contribution in [0, 0.1) is 5.95 Å². The number of rotatable bonds is 7. The van der Waals surface area contributed by atoms with E-state index in [0.717, 1.165) is 12.8 Å². The monoisotopic (exact) mass is 510 g/mol. The predicted octanol–water partition coefficient (Wildman–Crippen LogP) is 5.18. The fraction of sp³-hybridized carbons (Fsp3) is 0.320. The lowest BCUT2D eigenvalue weighted by molar-refractivity contribution is 0.0196. The molecule has 0 bridgehead atoms. The zero-order chi connectivity index (χ0) is 26.0. The maximum absolute atomic E-state index is 13.2. The van der Waals surface area contributed by atoms with Gasteiger partial charge in [-0.3, -0.25) is 0 Å². The summed E-state index contributed by atoms with van der Waals surface area (Å²) in [5, 5.41) is 20.9. The Balaban J connectivity index is 1.43. The largest absolute Gasteiger partial charge is 0.390 e. The van der Waals surface area contributed by atoms with E-state index >= 15 is 0 Å². The summed E-state index contributed by atoms with van der Waals surface area (Å²) in [6.45, 7) is -0.916. The number of hydrogen-bond donors (Lipinski definition) is 3. The minimum Gasteiger partial charge on any atom is -0.390 e.